The molecule has 0 unspecified atom stereocenters. The van der Waals surface area contributed by atoms with Crippen LogP contribution in [0, 0.1) is 5.82 Å². The SMILES string of the molecule is CCOc1ccc(/C=N/NC(=O)C(=O)Nc2ccccc2F)cc1. The standard InChI is InChI=1S/C17H16FN3O3/c1-2-24-13-9-7-12(8-10-13)11-19-21-17(23)16(22)20-15-6-4-3-5-14(15)18/h3-11H,2H2,1H3,(H,20,22)(H,21,23)/b19-11+. The van der Waals surface area contributed by atoms with Crippen molar-refractivity contribution in [1.82, 2.24) is 5.43 Å². The topological polar surface area (TPSA) is 79.8 Å². The summed E-state index contributed by atoms with van der Waals surface area (Å²) in [6.07, 6.45) is 1.38. The molecule has 2 N–H and O–H groups in total. The van der Waals surface area contributed by atoms with Crippen molar-refractivity contribution in [1.29, 1.82) is 0 Å². The Kier molecular flexibility index (Phi) is 6.01. The van der Waals surface area contributed by atoms with Crippen molar-refractivity contribution in [2.24, 2.45) is 5.10 Å². The van der Waals surface area contributed by atoms with Crippen LogP contribution in [-0.2, 0) is 9.59 Å². The van der Waals surface area contributed by atoms with Crippen LogP contribution in [0.1, 0.15) is 12.5 Å². The van der Waals surface area contributed by atoms with Gasteiger partial charge < -0.3 is 10.1 Å². The third-order valence-electron chi connectivity index (χ3n) is 2.90. The van der Waals surface area contributed by atoms with Gasteiger partial charge in [0.2, 0.25) is 0 Å². The second kappa shape index (κ2) is 8.42. The second-order valence-electron chi connectivity index (χ2n) is 4.64. The minimum Gasteiger partial charge on any atom is -0.494 e. The van der Waals surface area contributed by atoms with Crippen LogP contribution in [0.15, 0.2) is 53.6 Å². The molecule has 0 atom stereocenters. The molecule has 0 saturated heterocycles. The molecule has 0 saturated carbocycles. The average molecular weight is 329 g/mol. The minimum atomic E-state index is -1.01. The fourth-order valence-corrected chi connectivity index (χ4v) is 1.77. The van der Waals surface area contributed by atoms with Crippen molar-refractivity contribution in [3.8, 4) is 5.75 Å². The highest BCUT2D eigenvalue weighted by molar-refractivity contribution is 6.39. The maximum Gasteiger partial charge on any atom is 0.329 e. The van der Waals surface area contributed by atoms with Crippen LogP contribution in [-0.4, -0.2) is 24.6 Å². The normalized spacial score (nSPS) is 10.4. The molecule has 7 heteroatoms. The summed E-state index contributed by atoms with van der Waals surface area (Å²) in [5.41, 5.74) is 2.72. The first kappa shape index (κ1) is 17.1. The largest absolute Gasteiger partial charge is 0.494 e. The highest BCUT2D eigenvalue weighted by Crippen LogP contribution is 2.12. The molecule has 24 heavy (non-hydrogen) atoms. The van der Waals surface area contributed by atoms with Crippen LogP contribution >= 0.6 is 0 Å². The quantitative estimate of drug-likeness (QED) is 0.502. The summed E-state index contributed by atoms with van der Waals surface area (Å²) >= 11 is 0. The molecule has 0 aliphatic heterocycles. The van der Waals surface area contributed by atoms with Gasteiger partial charge in [0, 0.05) is 0 Å². The molecule has 0 aromatic heterocycles. The zero-order chi connectivity index (χ0) is 17.4. The number of nitrogens with zero attached hydrogens (tertiary/aromatic N) is 1. The number of hydrazone groups is 1. The van der Waals surface area contributed by atoms with Gasteiger partial charge in [-0.3, -0.25) is 9.59 Å². The van der Waals surface area contributed by atoms with Crippen molar-refractivity contribution in [2.75, 3.05) is 11.9 Å². The Morgan fingerprint density at radius 2 is 1.83 bits per heavy atom. The number of carbonyl (C=O) groups excluding carboxylic acids is 2. The highest BCUT2D eigenvalue weighted by Gasteiger charge is 2.14. The maximum atomic E-state index is 13.4. The number of nitrogens with one attached hydrogen (secondary N) is 2. The number of benzene rings is 2. The molecule has 0 fully saturated rings. The highest BCUT2D eigenvalue weighted by atomic mass is 19.1. The van der Waals surface area contributed by atoms with Crippen molar-refractivity contribution >= 4 is 23.7 Å². The first-order valence-corrected chi connectivity index (χ1v) is 7.22. The van der Waals surface area contributed by atoms with Gasteiger partial charge in [0.25, 0.3) is 0 Å². The summed E-state index contributed by atoms with van der Waals surface area (Å²) in [5, 5.41) is 5.85. The zero-order valence-electron chi connectivity index (χ0n) is 13.0. The molecule has 6 nitrogen and oxygen atoms in total. The van der Waals surface area contributed by atoms with E-state index in [0.717, 1.165) is 5.75 Å². The monoisotopic (exact) mass is 329 g/mol. The van der Waals surface area contributed by atoms with Crippen LogP contribution in [0.2, 0.25) is 0 Å². The lowest BCUT2D eigenvalue weighted by molar-refractivity contribution is -0.136. The Bertz CT molecular complexity index is 745. The van der Waals surface area contributed by atoms with E-state index in [0.29, 0.717) is 12.2 Å². The van der Waals surface area contributed by atoms with E-state index < -0.39 is 17.6 Å². The summed E-state index contributed by atoms with van der Waals surface area (Å²) in [5.74, 6) is -1.91. The van der Waals surface area contributed by atoms with E-state index in [1.165, 1.54) is 24.4 Å². The summed E-state index contributed by atoms with van der Waals surface area (Å²) in [7, 11) is 0. The van der Waals surface area contributed by atoms with Gasteiger partial charge in [-0.2, -0.15) is 5.10 Å². The van der Waals surface area contributed by atoms with Gasteiger partial charge in [0.15, 0.2) is 0 Å². The van der Waals surface area contributed by atoms with E-state index in [-0.39, 0.29) is 5.69 Å². The van der Waals surface area contributed by atoms with Crippen molar-refractivity contribution in [2.45, 2.75) is 6.92 Å². The van der Waals surface area contributed by atoms with Crippen LogP contribution in [0.3, 0.4) is 0 Å². The Morgan fingerprint density at radius 1 is 1.12 bits per heavy atom. The van der Waals surface area contributed by atoms with E-state index in [2.05, 4.69) is 15.8 Å². The van der Waals surface area contributed by atoms with Gasteiger partial charge in [0.05, 0.1) is 18.5 Å². The number of hydrogen-bond acceptors (Lipinski definition) is 4. The van der Waals surface area contributed by atoms with E-state index in [1.54, 1.807) is 30.3 Å². The predicted molar refractivity (Wildman–Crippen MR) is 88.4 cm³/mol. The zero-order valence-corrected chi connectivity index (χ0v) is 13.0. The minimum absolute atomic E-state index is 0.0758. The number of amides is 2. The number of para-hydroxylation sites is 1. The number of carbonyl (C=O) groups is 2. The lowest BCUT2D eigenvalue weighted by atomic mass is 10.2. The molecule has 0 bridgehead atoms. The van der Waals surface area contributed by atoms with E-state index in [9.17, 15) is 14.0 Å². The molecule has 2 aromatic carbocycles. The van der Waals surface area contributed by atoms with E-state index in [1.807, 2.05) is 6.92 Å². The van der Waals surface area contributed by atoms with Crippen molar-refractivity contribution in [3.63, 3.8) is 0 Å². The Hall–Kier alpha value is -3.22. The Balaban J connectivity index is 1.87. The number of rotatable bonds is 5. The first-order chi connectivity index (χ1) is 11.6. The lowest BCUT2D eigenvalue weighted by Crippen LogP contribution is -2.32. The molecular weight excluding hydrogens is 313 g/mol. The van der Waals surface area contributed by atoms with Crippen LogP contribution < -0.4 is 15.5 Å². The summed E-state index contributed by atoms with van der Waals surface area (Å²) < 4.78 is 18.7. The second-order valence-corrected chi connectivity index (χ2v) is 4.64. The Morgan fingerprint density at radius 3 is 2.50 bits per heavy atom. The summed E-state index contributed by atoms with van der Waals surface area (Å²) in [6, 6.07) is 12.6. The number of hydrogen-bond donors (Lipinski definition) is 2. The molecule has 2 rings (SSSR count). The Labute approximate surface area is 138 Å². The van der Waals surface area contributed by atoms with Gasteiger partial charge in [0.1, 0.15) is 11.6 Å². The van der Waals surface area contributed by atoms with Gasteiger partial charge in [-0.05, 0) is 48.9 Å². The average Bonchev–Trinajstić information content (AvgIpc) is 2.58. The van der Waals surface area contributed by atoms with E-state index >= 15 is 0 Å². The molecule has 124 valence electrons. The van der Waals surface area contributed by atoms with Gasteiger partial charge in [-0.25, -0.2) is 9.82 Å². The molecule has 0 radical (unpaired) electrons. The molecule has 0 spiro atoms. The maximum absolute atomic E-state index is 13.4. The summed E-state index contributed by atoms with van der Waals surface area (Å²) in [6.45, 7) is 2.46. The van der Waals surface area contributed by atoms with Gasteiger partial charge >= 0.3 is 11.8 Å². The van der Waals surface area contributed by atoms with Crippen molar-refractivity contribution < 1.29 is 18.7 Å². The summed E-state index contributed by atoms with van der Waals surface area (Å²) in [4.78, 5) is 23.3. The lowest BCUT2D eigenvalue weighted by Gasteiger charge is -2.04. The third-order valence-corrected chi connectivity index (χ3v) is 2.90. The molecule has 0 aliphatic carbocycles. The fraction of sp³-hybridized carbons (Fsp3) is 0.118. The third kappa shape index (κ3) is 4.91. The first-order valence-electron chi connectivity index (χ1n) is 7.22. The molecule has 2 aromatic rings. The van der Waals surface area contributed by atoms with Crippen molar-refractivity contribution in [3.05, 3.63) is 59.9 Å². The number of halogens is 1. The van der Waals surface area contributed by atoms with Crippen LogP contribution in [0.4, 0.5) is 10.1 Å². The number of anilines is 1. The fourth-order valence-electron chi connectivity index (χ4n) is 1.77. The molecule has 0 aliphatic rings. The molecule has 2 amide bonds. The van der Waals surface area contributed by atoms with Gasteiger partial charge in [-0.1, -0.05) is 12.1 Å². The number of ether oxygens (including phenoxy) is 1. The van der Waals surface area contributed by atoms with Crippen LogP contribution in [0.5, 0.6) is 5.75 Å². The molecular formula is C17H16FN3O3. The van der Waals surface area contributed by atoms with E-state index in [4.69, 9.17) is 4.74 Å². The van der Waals surface area contributed by atoms with Gasteiger partial charge in [-0.15, -0.1) is 0 Å². The smallest absolute Gasteiger partial charge is 0.329 e. The predicted octanol–water partition coefficient (Wildman–Crippen LogP) is 2.31. The molecule has 0 heterocycles. The van der Waals surface area contributed by atoms with Crippen LogP contribution in [0.25, 0.3) is 0 Å².